The van der Waals surface area contributed by atoms with Gasteiger partial charge < -0.3 is 0 Å². The molecule has 2 aliphatic rings. The van der Waals surface area contributed by atoms with Gasteiger partial charge in [-0.15, -0.1) is 0 Å². The average Bonchev–Trinajstić information content (AvgIpc) is 2.30. The van der Waals surface area contributed by atoms with Gasteiger partial charge >= 0.3 is 0 Å². The van der Waals surface area contributed by atoms with E-state index in [1.54, 1.807) is 0 Å². The molecule has 0 amide bonds. The molecule has 3 unspecified atom stereocenters. The fourth-order valence-electron chi connectivity index (χ4n) is 4.14. The van der Waals surface area contributed by atoms with E-state index in [4.69, 9.17) is 0 Å². The van der Waals surface area contributed by atoms with Crippen molar-refractivity contribution in [2.24, 2.45) is 23.7 Å². The molecule has 2 rings (SSSR count). The van der Waals surface area contributed by atoms with Crippen molar-refractivity contribution in [3.63, 3.8) is 0 Å². The van der Waals surface area contributed by atoms with Crippen LogP contribution in [0.15, 0.2) is 0 Å². The monoisotopic (exact) mass is 208 g/mol. The Bertz CT molecular complexity index is 178. The minimum Gasteiger partial charge on any atom is -0.0622 e. The lowest BCUT2D eigenvalue weighted by molar-refractivity contribution is 0.115. The molecule has 0 spiro atoms. The van der Waals surface area contributed by atoms with Crippen LogP contribution in [-0.4, -0.2) is 0 Å². The highest BCUT2D eigenvalue weighted by atomic mass is 14.4. The van der Waals surface area contributed by atoms with Gasteiger partial charge in [-0.25, -0.2) is 0 Å². The second kappa shape index (κ2) is 5.37. The maximum absolute atomic E-state index is 2.56. The molecular weight excluding hydrogens is 180 g/mol. The first kappa shape index (κ1) is 11.5. The smallest absolute Gasteiger partial charge is 0.0360 e. The Morgan fingerprint density at radius 2 is 1.40 bits per heavy atom. The van der Waals surface area contributed by atoms with Crippen LogP contribution < -0.4 is 0 Å². The van der Waals surface area contributed by atoms with Crippen LogP contribution in [0.3, 0.4) is 0 Å². The standard InChI is InChI=1S/C15H28/c1-12-8-6-7-11-15(12)13(2)14-9-4-3-5-10-14/h12-15H,3-11H2,1-2H3. The van der Waals surface area contributed by atoms with E-state index < -0.39 is 0 Å². The maximum Gasteiger partial charge on any atom is -0.0360 e. The van der Waals surface area contributed by atoms with E-state index in [-0.39, 0.29) is 0 Å². The molecular formula is C15H28. The zero-order chi connectivity index (χ0) is 10.7. The molecule has 0 radical (unpaired) electrons. The fraction of sp³-hybridized carbons (Fsp3) is 1.00. The lowest BCUT2D eigenvalue weighted by atomic mass is 9.67. The summed E-state index contributed by atoms with van der Waals surface area (Å²) in [7, 11) is 0. The second-order valence-electron chi connectivity index (χ2n) is 6.18. The van der Waals surface area contributed by atoms with Gasteiger partial charge in [0.05, 0.1) is 0 Å². The van der Waals surface area contributed by atoms with Gasteiger partial charge in [-0.3, -0.25) is 0 Å². The molecule has 0 heterocycles. The van der Waals surface area contributed by atoms with Crippen LogP contribution in [0.5, 0.6) is 0 Å². The van der Waals surface area contributed by atoms with Crippen molar-refractivity contribution >= 4 is 0 Å². The van der Waals surface area contributed by atoms with Gasteiger partial charge in [-0.2, -0.15) is 0 Å². The first-order chi connectivity index (χ1) is 7.29. The van der Waals surface area contributed by atoms with Crippen LogP contribution >= 0.6 is 0 Å². The third-order valence-electron chi connectivity index (χ3n) is 5.25. The average molecular weight is 208 g/mol. The minimum atomic E-state index is 1.01. The highest BCUT2D eigenvalue weighted by Gasteiger charge is 2.31. The molecule has 0 nitrogen and oxygen atoms in total. The molecule has 0 N–H and O–H groups in total. The van der Waals surface area contributed by atoms with Crippen LogP contribution in [0, 0.1) is 23.7 Å². The molecule has 2 fully saturated rings. The summed E-state index contributed by atoms with van der Waals surface area (Å²) in [6.45, 7) is 5.06. The largest absolute Gasteiger partial charge is 0.0622 e. The molecule has 15 heavy (non-hydrogen) atoms. The van der Waals surface area contributed by atoms with Gasteiger partial charge in [0, 0.05) is 0 Å². The van der Waals surface area contributed by atoms with Crippen LogP contribution in [0.25, 0.3) is 0 Å². The normalized spacial score (nSPS) is 36.4. The number of hydrogen-bond acceptors (Lipinski definition) is 0. The van der Waals surface area contributed by atoms with Crippen molar-refractivity contribution in [3.8, 4) is 0 Å². The third-order valence-corrected chi connectivity index (χ3v) is 5.25. The van der Waals surface area contributed by atoms with E-state index in [2.05, 4.69) is 13.8 Å². The molecule has 3 atom stereocenters. The zero-order valence-corrected chi connectivity index (χ0v) is 10.7. The predicted molar refractivity (Wildman–Crippen MR) is 66.9 cm³/mol. The SMILES string of the molecule is CC1CCCCC1C(C)C1CCCCC1. The van der Waals surface area contributed by atoms with Crippen LogP contribution in [0.2, 0.25) is 0 Å². The summed E-state index contributed by atoms with van der Waals surface area (Å²) < 4.78 is 0. The summed E-state index contributed by atoms with van der Waals surface area (Å²) in [5.41, 5.74) is 0. The van der Waals surface area contributed by atoms with E-state index >= 15 is 0 Å². The molecule has 0 aromatic carbocycles. The van der Waals surface area contributed by atoms with Gasteiger partial charge in [0.25, 0.3) is 0 Å². The first-order valence-corrected chi connectivity index (χ1v) is 7.29. The Morgan fingerprint density at radius 3 is 2.07 bits per heavy atom. The predicted octanol–water partition coefficient (Wildman–Crippen LogP) is 5.03. The van der Waals surface area contributed by atoms with Crippen molar-refractivity contribution < 1.29 is 0 Å². The summed E-state index contributed by atoms with van der Waals surface area (Å²) in [4.78, 5) is 0. The van der Waals surface area contributed by atoms with Crippen LogP contribution in [-0.2, 0) is 0 Å². The highest BCUT2D eigenvalue weighted by molar-refractivity contribution is 4.82. The summed E-state index contributed by atoms with van der Waals surface area (Å²) in [5, 5.41) is 0. The van der Waals surface area contributed by atoms with Crippen molar-refractivity contribution in [1.29, 1.82) is 0 Å². The summed E-state index contributed by atoms with van der Waals surface area (Å²) in [5.74, 6) is 4.16. The summed E-state index contributed by atoms with van der Waals surface area (Å²) in [6, 6.07) is 0. The Balaban J connectivity index is 1.89. The summed E-state index contributed by atoms with van der Waals surface area (Å²) >= 11 is 0. The quantitative estimate of drug-likeness (QED) is 0.597. The zero-order valence-electron chi connectivity index (χ0n) is 10.7. The van der Waals surface area contributed by atoms with Gasteiger partial charge in [-0.05, 0) is 30.1 Å². The van der Waals surface area contributed by atoms with Crippen molar-refractivity contribution in [3.05, 3.63) is 0 Å². The first-order valence-electron chi connectivity index (χ1n) is 7.29. The Kier molecular flexibility index (Phi) is 4.11. The van der Waals surface area contributed by atoms with Crippen molar-refractivity contribution in [2.45, 2.75) is 71.6 Å². The van der Waals surface area contributed by atoms with E-state index in [0.717, 1.165) is 23.7 Å². The highest BCUT2D eigenvalue weighted by Crippen LogP contribution is 2.42. The Morgan fingerprint density at radius 1 is 0.800 bits per heavy atom. The van der Waals surface area contributed by atoms with Gasteiger partial charge in [0.2, 0.25) is 0 Å². The number of rotatable bonds is 2. The maximum atomic E-state index is 2.56. The molecule has 0 aromatic rings. The minimum absolute atomic E-state index is 1.01. The molecule has 88 valence electrons. The lowest BCUT2D eigenvalue weighted by Gasteiger charge is -2.39. The van der Waals surface area contributed by atoms with Gasteiger partial charge in [0.1, 0.15) is 0 Å². The van der Waals surface area contributed by atoms with Crippen LogP contribution in [0.1, 0.15) is 71.6 Å². The van der Waals surface area contributed by atoms with E-state index in [9.17, 15) is 0 Å². The van der Waals surface area contributed by atoms with E-state index in [0.29, 0.717) is 0 Å². The molecule has 0 aliphatic heterocycles. The topological polar surface area (TPSA) is 0 Å². The molecule has 0 aromatic heterocycles. The molecule has 2 saturated carbocycles. The summed E-state index contributed by atoms with van der Waals surface area (Å²) in [6.07, 6.45) is 13.6. The molecule has 2 aliphatic carbocycles. The molecule has 0 heteroatoms. The third kappa shape index (κ3) is 2.77. The van der Waals surface area contributed by atoms with Gasteiger partial charge in [0.15, 0.2) is 0 Å². The Hall–Kier alpha value is 0. The molecule has 0 bridgehead atoms. The lowest BCUT2D eigenvalue weighted by Crippen LogP contribution is -2.29. The second-order valence-corrected chi connectivity index (χ2v) is 6.18. The Labute approximate surface area is 95.8 Å². The van der Waals surface area contributed by atoms with Crippen molar-refractivity contribution in [1.82, 2.24) is 0 Å². The fourth-order valence-corrected chi connectivity index (χ4v) is 4.14. The van der Waals surface area contributed by atoms with Crippen LogP contribution in [0.4, 0.5) is 0 Å². The number of hydrogen-bond donors (Lipinski definition) is 0. The van der Waals surface area contributed by atoms with Gasteiger partial charge in [-0.1, -0.05) is 65.2 Å². The van der Waals surface area contributed by atoms with E-state index in [1.165, 1.54) is 57.8 Å². The molecule has 0 saturated heterocycles. The van der Waals surface area contributed by atoms with Crippen molar-refractivity contribution in [2.75, 3.05) is 0 Å². The van der Waals surface area contributed by atoms with E-state index in [1.807, 2.05) is 0 Å².